The van der Waals surface area contributed by atoms with Gasteiger partial charge in [0, 0.05) is 13.1 Å². The van der Waals surface area contributed by atoms with E-state index in [0.29, 0.717) is 0 Å². The van der Waals surface area contributed by atoms with Crippen LogP contribution in [0, 0.1) is 0 Å². The lowest BCUT2D eigenvalue weighted by Gasteiger charge is -2.15. The molecule has 0 amide bonds. The average Bonchev–Trinajstić information content (AvgIpc) is 2.52. The Morgan fingerprint density at radius 1 is 0.455 bits per heavy atom. The van der Waals surface area contributed by atoms with E-state index in [1.165, 1.54) is 103 Å². The first kappa shape index (κ1) is 21.9. The summed E-state index contributed by atoms with van der Waals surface area (Å²) < 4.78 is 0. The molecule has 0 atom stereocenters. The van der Waals surface area contributed by atoms with E-state index in [-0.39, 0.29) is 0 Å². The Hall–Kier alpha value is -0.0800. The van der Waals surface area contributed by atoms with E-state index in [2.05, 4.69) is 13.8 Å². The van der Waals surface area contributed by atoms with Gasteiger partial charge >= 0.3 is 0 Å². The van der Waals surface area contributed by atoms with Gasteiger partial charge in [-0.05, 0) is 12.8 Å². The van der Waals surface area contributed by atoms with Gasteiger partial charge in [-0.25, -0.2) is 5.01 Å². The predicted octanol–water partition coefficient (Wildman–Crippen LogP) is 6.44. The monoisotopic (exact) mass is 312 g/mol. The van der Waals surface area contributed by atoms with Crippen LogP contribution in [0.25, 0.3) is 0 Å². The second-order valence-corrected chi connectivity index (χ2v) is 6.99. The van der Waals surface area contributed by atoms with Gasteiger partial charge in [-0.3, -0.25) is 5.84 Å². The Bertz CT molecular complexity index is 194. The highest BCUT2D eigenvalue weighted by Crippen LogP contribution is 2.10. The third-order valence-electron chi connectivity index (χ3n) is 4.60. The van der Waals surface area contributed by atoms with Crippen molar-refractivity contribution in [3.05, 3.63) is 0 Å². The van der Waals surface area contributed by atoms with E-state index >= 15 is 0 Å². The summed E-state index contributed by atoms with van der Waals surface area (Å²) in [4.78, 5) is 0. The Morgan fingerprint density at radius 3 is 1.05 bits per heavy atom. The zero-order chi connectivity index (χ0) is 16.3. The molecule has 0 heterocycles. The third kappa shape index (κ3) is 18.0. The summed E-state index contributed by atoms with van der Waals surface area (Å²) in [6, 6.07) is 0. The van der Waals surface area contributed by atoms with Crippen LogP contribution in [0.5, 0.6) is 0 Å². The molecular formula is C20H44N2. The summed E-state index contributed by atoms with van der Waals surface area (Å²) >= 11 is 0. The number of unbranched alkanes of at least 4 members (excludes halogenated alkanes) is 14. The van der Waals surface area contributed by atoms with E-state index in [0.717, 1.165) is 13.1 Å². The Kier molecular flexibility index (Phi) is 18.9. The molecule has 0 rings (SSSR count). The molecule has 0 aliphatic carbocycles. The first-order chi connectivity index (χ1) is 10.8. The molecule has 0 saturated heterocycles. The summed E-state index contributed by atoms with van der Waals surface area (Å²) in [7, 11) is 0. The highest BCUT2D eigenvalue weighted by atomic mass is 15.4. The van der Waals surface area contributed by atoms with Crippen molar-refractivity contribution in [3.8, 4) is 0 Å². The maximum absolute atomic E-state index is 6.06. The number of rotatable bonds is 18. The number of nitrogens with two attached hydrogens (primary N) is 1. The Balaban J connectivity index is 3.10. The third-order valence-corrected chi connectivity index (χ3v) is 4.60. The van der Waals surface area contributed by atoms with E-state index in [4.69, 9.17) is 5.84 Å². The summed E-state index contributed by atoms with van der Waals surface area (Å²) in [5.74, 6) is 6.06. The van der Waals surface area contributed by atoms with Crippen LogP contribution >= 0.6 is 0 Å². The zero-order valence-corrected chi connectivity index (χ0v) is 15.8. The van der Waals surface area contributed by atoms with Crippen molar-refractivity contribution in [1.29, 1.82) is 0 Å². The van der Waals surface area contributed by atoms with Gasteiger partial charge in [0.2, 0.25) is 0 Å². The van der Waals surface area contributed by atoms with E-state index < -0.39 is 0 Å². The maximum Gasteiger partial charge on any atom is 0.0128 e. The number of hydrazine groups is 1. The van der Waals surface area contributed by atoms with Crippen LogP contribution < -0.4 is 5.84 Å². The van der Waals surface area contributed by atoms with Gasteiger partial charge in [0.1, 0.15) is 0 Å². The molecule has 2 N–H and O–H groups in total. The fraction of sp³-hybridized carbons (Fsp3) is 1.00. The molecule has 0 aromatic rings. The Morgan fingerprint density at radius 2 is 0.727 bits per heavy atom. The summed E-state index contributed by atoms with van der Waals surface area (Å²) in [6.45, 7) is 6.73. The lowest BCUT2D eigenvalue weighted by molar-refractivity contribution is 0.268. The molecule has 0 radical (unpaired) electrons. The molecule has 2 heteroatoms. The maximum atomic E-state index is 6.06. The summed E-state index contributed by atoms with van der Waals surface area (Å²) in [5, 5.41) is 2.05. The predicted molar refractivity (Wildman–Crippen MR) is 101 cm³/mol. The molecule has 0 fully saturated rings. The molecule has 134 valence electrons. The second-order valence-electron chi connectivity index (χ2n) is 6.99. The van der Waals surface area contributed by atoms with Crippen LogP contribution in [-0.2, 0) is 0 Å². The SMILES string of the molecule is CCCCCCCCCCCCN(N)CCCCCCCC. The van der Waals surface area contributed by atoms with Crippen LogP contribution in [-0.4, -0.2) is 18.1 Å². The highest BCUT2D eigenvalue weighted by molar-refractivity contribution is 4.53. The lowest BCUT2D eigenvalue weighted by Crippen LogP contribution is -2.32. The van der Waals surface area contributed by atoms with Crippen molar-refractivity contribution < 1.29 is 0 Å². The van der Waals surface area contributed by atoms with Gasteiger partial charge in [-0.15, -0.1) is 0 Å². The van der Waals surface area contributed by atoms with Crippen LogP contribution in [0.3, 0.4) is 0 Å². The highest BCUT2D eigenvalue weighted by Gasteiger charge is 1.99. The van der Waals surface area contributed by atoms with Crippen molar-refractivity contribution in [2.24, 2.45) is 5.84 Å². The molecular weight excluding hydrogens is 268 g/mol. The van der Waals surface area contributed by atoms with Crippen molar-refractivity contribution in [2.75, 3.05) is 13.1 Å². The van der Waals surface area contributed by atoms with Crippen molar-refractivity contribution in [3.63, 3.8) is 0 Å². The molecule has 0 aliphatic heterocycles. The van der Waals surface area contributed by atoms with Crippen LogP contribution in [0.2, 0.25) is 0 Å². The normalized spacial score (nSPS) is 11.5. The average molecular weight is 313 g/mol. The zero-order valence-electron chi connectivity index (χ0n) is 15.8. The molecule has 0 unspecified atom stereocenters. The molecule has 0 aromatic carbocycles. The van der Waals surface area contributed by atoms with Crippen molar-refractivity contribution in [2.45, 2.75) is 117 Å². The lowest BCUT2D eigenvalue weighted by atomic mass is 10.1. The van der Waals surface area contributed by atoms with E-state index in [1.54, 1.807) is 0 Å². The van der Waals surface area contributed by atoms with E-state index in [9.17, 15) is 0 Å². The standard InChI is InChI=1S/C20H44N2/c1-3-5-7-9-11-12-13-14-16-18-20-22(21)19-17-15-10-8-6-4-2/h3-21H2,1-2H3. The van der Waals surface area contributed by atoms with Crippen molar-refractivity contribution >= 4 is 0 Å². The summed E-state index contributed by atoms with van der Waals surface area (Å²) in [6.07, 6.45) is 22.2. The Labute approximate surface area is 141 Å². The smallest absolute Gasteiger partial charge is 0.0128 e. The largest absolute Gasteiger partial charge is 0.269 e. The van der Waals surface area contributed by atoms with Gasteiger partial charge < -0.3 is 0 Å². The van der Waals surface area contributed by atoms with Gasteiger partial charge in [-0.2, -0.15) is 0 Å². The number of hydrogen-bond acceptors (Lipinski definition) is 2. The molecule has 0 saturated carbocycles. The topological polar surface area (TPSA) is 29.3 Å². The minimum atomic E-state index is 1.09. The van der Waals surface area contributed by atoms with Crippen LogP contribution in [0.15, 0.2) is 0 Å². The second kappa shape index (κ2) is 19.0. The molecule has 0 bridgehead atoms. The van der Waals surface area contributed by atoms with Crippen LogP contribution in [0.4, 0.5) is 0 Å². The van der Waals surface area contributed by atoms with E-state index in [1.807, 2.05) is 5.01 Å². The number of nitrogens with zero attached hydrogens (tertiary/aromatic N) is 1. The first-order valence-electron chi connectivity index (χ1n) is 10.3. The molecule has 0 aliphatic rings. The minimum Gasteiger partial charge on any atom is -0.269 e. The first-order valence-corrected chi connectivity index (χ1v) is 10.3. The van der Waals surface area contributed by atoms with Gasteiger partial charge in [0.15, 0.2) is 0 Å². The molecule has 0 aromatic heterocycles. The van der Waals surface area contributed by atoms with Crippen LogP contribution in [0.1, 0.15) is 117 Å². The van der Waals surface area contributed by atoms with Crippen molar-refractivity contribution in [1.82, 2.24) is 5.01 Å². The molecule has 2 nitrogen and oxygen atoms in total. The fourth-order valence-electron chi connectivity index (χ4n) is 3.01. The molecule has 22 heavy (non-hydrogen) atoms. The summed E-state index contributed by atoms with van der Waals surface area (Å²) in [5.41, 5.74) is 0. The van der Waals surface area contributed by atoms with Gasteiger partial charge in [0.05, 0.1) is 0 Å². The quantitative estimate of drug-likeness (QED) is 0.179. The molecule has 0 spiro atoms. The minimum absolute atomic E-state index is 1.09. The number of hydrogen-bond donors (Lipinski definition) is 1. The fourth-order valence-corrected chi connectivity index (χ4v) is 3.01. The van der Waals surface area contributed by atoms with Gasteiger partial charge in [0.25, 0.3) is 0 Å². The van der Waals surface area contributed by atoms with Gasteiger partial charge in [-0.1, -0.05) is 104 Å².